The van der Waals surface area contributed by atoms with Crippen LogP contribution in [0.15, 0.2) is 17.3 Å². The quantitative estimate of drug-likeness (QED) is 0.564. The van der Waals surface area contributed by atoms with Gasteiger partial charge in [-0.15, -0.1) is 11.8 Å². The third kappa shape index (κ3) is 4.68. The first-order chi connectivity index (χ1) is 7.03. The zero-order chi connectivity index (χ0) is 11.3. The van der Waals surface area contributed by atoms with Gasteiger partial charge in [-0.25, -0.2) is 0 Å². The molecule has 4 nitrogen and oxygen atoms in total. The summed E-state index contributed by atoms with van der Waals surface area (Å²) in [6, 6.07) is 0. The summed E-state index contributed by atoms with van der Waals surface area (Å²) in [6.07, 6.45) is 5.71. The van der Waals surface area contributed by atoms with Gasteiger partial charge in [-0.1, -0.05) is 0 Å². The molecule has 0 aliphatic rings. The normalized spacial score (nSPS) is 15.2. The van der Waals surface area contributed by atoms with Crippen LogP contribution < -0.4 is 5.73 Å². The number of hydrogen-bond acceptors (Lipinski definition) is 4. The average Bonchev–Trinajstić information content (AvgIpc) is 2.59. The first kappa shape index (κ1) is 12.5. The van der Waals surface area contributed by atoms with Crippen LogP contribution in [0.5, 0.6) is 0 Å². The predicted octanol–water partition coefficient (Wildman–Crippen LogP) is 1.00. The molecule has 5 heteroatoms. The lowest BCUT2D eigenvalue weighted by Gasteiger charge is -2.20. The summed E-state index contributed by atoms with van der Waals surface area (Å²) in [4.78, 5) is 1.18. The van der Waals surface area contributed by atoms with Gasteiger partial charge < -0.3 is 10.8 Å². The predicted molar refractivity (Wildman–Crippen MR) is 62.8 cm³/mol. The SMILES string of the molecule is Cn1cc(SCCCC(C)(N)CO)cn1. The van der Waals surface area contributed by atoms with Crippen molar-refractivity contribution in [1.82, 2.24) is 9.78 Å². The first-order valence-electron chi connectivity index (χ1n) is 5.05. The van der Waals surface area contributed by atoms with Crippen molar-refractivity contribution in [2.45, 2.75) is 30.2 Å². The fourth-order valence-electron chi connectivity index (χ4n) is 1.22. The van der Waals surface area contributed by atoms with Crippen LogP contribution in [0.2, 0.25) is 0 Å². The zero-order valence-corrected chi connectivity index (χ0v) is 10.1. The molecule has 1 aromatic rings. The molecule has 86 valence electrons. The number of aromatic nitrogens is 2. The topological polar surface area (TPSA) is 64.1 Å². The molecular weight excluding hydrogens is 210 g/mol. The summed E-state index contributed by atoms with van der Waals surface area (Å²) in [7, 11) is 1.91. The summed E-state index contributed by atoms with van der Waals surface area (Å²) in [5, 5.41) is 13.1. The van der Waals surface area contributed by atoms with Gasteiger partial charge in [0.1, 0.15) is 0 Å². The zero-order valence-electron chi connectivity index (χ0n) is 9.31. The molecule has 0 saturated heterocycles. The highest BCUT2D eigenvalue weighted by molar-refractivity contribution is 7.99. The minimum Gasteiger partial charge on any atom is -0.394 e. The second-order valence-electron chi connectivity index (χ2n) is 4.11. The number of nitrogens with zero attached hydrogens (tertiary/aromatic N) is 2. The van der Waals surface area contributed by atoms with Crippen LogP contribution >= 0.6 is 11.8 Å². The smallest absolute Gasteiger partial charge is 0.0625 e. The van der Waals surface area contributed by atoms with Gasteiger partial charge in [0.05, 0.1) is 12.8 Å². The molecule has 0 radical (unpaired) electrons. The lowest BCUT2D eigenvalue weighted by molar-refractivity contribution is 0.200. The van der Waals surface area contributed by atoms with E-state index in [1.807, 2.05) is 26.4 Å². The molecule has 0 amide bonds. The van der Waals surface area contributed by atoms with E-state index in [1.54, 1.807) is 16.4 Å². The van der Waals surface area contributed by atoms with Gasteiger partial charge in [0.25, 0.3) is 0 Å². The highest BCUT2D eigenvalue weighted by Gasteiger charge is 2.15. The Bertz CT molecular complexity index is 299. The highest BCUT2D eigenvalue weighted by atomic mass is 32.2. The molecule has 1 rings (SSSR count). The van der Waals surface area contributed by atoms with Crippen LogP contribution in [-0.4, -0.2) is 32.8 Å². The van der Waals surface area contributed by atoms with Crippen molar-refractivity contribution >= 4 is 11.8 Å². The monoisotopic (exact) mass is 229 g/mol. The van der Waals surface area contributed by atoms with Crippen LogP contribution in [0.3, 0.4) is 0 Å². The maximum Gasteiger partial charge on any atom is 0.0625 e. The van der Waals surface area contributed by atoms with Gasteiger partial charge in [0.2, 0.25) is 0 Å². The van der Waals surface area contributed by atoms with Gasteiger partial charge in [0, 0.05) is 23.7 Å². The van der Waals surface area contributed by atoms with Crippen molar-refractivity contribution in [3.8, 4) is 0 Å². The van der Waals surface area contributed by atoms with Crippen molar-refractivity contribution in [1.29, 1.82) is 0 Å². The van der Waals surface area contributed by atoms with E-state index in [0.717, 1.165) is 18.6 Å². The number of hydrogen-bond donors (Lipinski definition) is 2. The van der Waals surface area contributed by atoms with E-state index < -0.39 is 5.54 Å². The molecule has 0 aliphatic heterocycles. The van der Waals surface area contributed by atoms with Gasteiger partial charge in [-0.05, 0) is 25.5 Å². The van der Waals surface area contributed by atoms with Crippen LogP contribution in [-0.2, 0) is 7.05 Å². The van der Waals surface area contributed by atoms with E-state index in [4.69, 9.17) is 10.8 Å². The summed E-state index contributed by atoms with van der Waals surface area (Å²) in [6.45, 7) is 1.92. The maximum atomic E-state index is 8.97. The third-order valence-electron chi connectivity index (χ3n) is 2.20. The molecule has 1 atom stereocenters. The van der Waals surface area contributed by atoms with E-state index in [9.17, 15) is 0 Å². The second kappa shape index (κ2) is 5.53. The Labute approximate surface area is 94.9 Å². The lowest BCUT2D eigenvalue weighted by Crippen LogP contribution is -2.40. The minimum absolute atomic E-state index is 0.0462. The van der Waals surface area contributed by atoms with Crippen molar-refractivity contribution in [3.63, 3.8) is 0 Å². The summed E-state index contributed by atoms with van der Waals surface area (Å²) in [5.74, 6) is 1.01. The number of aliphatic hydroxyl groups excluding tert-OH is 1. The van der Waals surface area contributed by atoms with E-state index >= 15 is 0 Å². The number of thioether (sulfide) groups is 1. The minimum atomic E-state index is -0.435. The summed E-state index contributed by atoms with van der Waals surface area (Å²) >= 11 is 1.77. The Morgan fingerprint density at radius 2 is 2.40 bits per heavy atom. The Hall–Kier alpha value is -0.520. The Balaban J connectivity index is 2.17. The molecule has 0 aliphatic carbocycles. The standard InChI is InChI=1S/C10H19N3OS/c1-10(11,8-14)4-3-5-15-9-6-12-13(2)7-9/h6-7,14H,3-5,8,11H2,1-2H3. The molecular formula is C10H19N3OS. The van der Waals surface area contributed by atoms with E-state index in [0.29, 0.717) is 0 Å². The van der Waals surface area contributed by atoms with Gasteiger partial charge >= 0.3 is 0 Å². The number of aryl methyl sites for hydroxylation is 1. The van der Waals surface area contributed by atoms with Gasteiger partial charge in [-0.2, -0.15) is 5.10 Å². The summed E-state index contributed by atoms with van der Waals surface area (Å²) in [5.41, 5.74) is 5.39. The first-order valence-corrected chi connectivity index (χ1v) is 6.03. The molecule has 0 spiro atoms. The molecule has 15 heavy (non-hydrogen) atoms. The van der Waals surface area contributed by atoms with Crippen molar-refractivity contribution < 1.29 is 5.11 Å². The number of rotatable bonds is 6. The molecule has 3 N–H and O–H groups in total. The molecule has 0 bridgehead atoms. The van der Waals surface area contributed by atoms with Crippen LogP contribution in [0.25, 0.3) is 0 Å². The van der Waals surface area contributed by atoms with Crippen molar-refractivity contribution in [2.24, 2.45) is 12.8 Å². The lowest BCUT2D eigenvalue weighted by atomic mass is 9.99. The van der Waals surface area contributed by atoms with E-state index in [2.05, 4.69) is 5.10 Å². The molecule has 0 aromatic carbocycles. The largest absolute Gasteiger partial charge is 0.394 e. The fraction of sp³-hybridized carbons (Fsp3) is 0.700. The number of nitrogens with two attached hydrogens (primary N) is 1. The molecule has 0 saturated carbocycles. The van der Waals surface area contributed by atoms with Crippen molar-refractivity contribution in [3.05, 3.63) is 12.4 Å². The Morgan fingerprint density at radius 3 is 2.93 bits per heavy atom. The van der Waals surface area contributed by atoms with Gasteiger partial charge in [0.15, 0.2) is 0 Å². The maximum absolute atomic E-state index is 8.97. The molecule has 0 fully saturated rings. The van der Waals surface area contributed by atoms with Crippen LogP contribution in [0.4, 0.5) is 0 Å². The molecule has 1 unspecified atom stereocenters. The molecule has 1 aromatic heterocycles. The van der Waals surface area contributed by atoms with Crippen LogP contribution in [0.1, 0.15) is 19.8 Å². The third-order valence-corrected chi connectivity index (χ3v) is 3.24. The van der Waals surface area contributed by atoms with Crippen molar-refractivity contribution in [2.75, 3.05) is 12.4 Å². The Morgan fingerprint density at radius 1 is 1.67 bits per heavy atom. The number of aliphatic hydroxyl groups is 1. The van der Waals surface area contributed by atoms with E-state index in [1.165, 1.54) is 4.90 Å². The summed E-state index contributed by atoms with van der Waals surface area (Å²) < 4.78 is 1.79. The van der Waals surface area contributed by atoms with Gasteiger partial charge in [-0.3, -0.25) is 4.68 Å². The van der Waals surface area contributed by atoms with Crippen LogP contribution in [0, 0.1) is 0 Å². The Kier molecular flexibility index (Phi) is 4.63. The van der Waals surface area contributed by atoms with E-state index in [-0.39, 0.29) is 6.61 Å². The molecule has 1 heterocycles. The highest BCUT2D eigenvalue weighted by Crippen LogP contribution is 2.19. The second-order valence-corrected chi connectivity index (χ2v) is 5.28. The fourth-order valence-corrected chi connectivity index (χ4v) is 2.09. The average molecular weight is 229 g/mol.